The molecule has 0 heterocycles. The van der Waals surface area contributed by atoms with Crippen LogP contribution in [-0.2, 0) is 40.5 Å². The van der Waals surface area contributed by atoms with Crippen molar-refractivity contribution in [3.63, 3.8) is 0 Å². The molecule has 0 amide bonds. The summed E-state index contributed by atoms with van der Waals surface area (Å²) in [4.78, 5) is 11.4. The largest absolute Gasteiger partial charge is 0.481 e. The molecule has 1 aliphatic carbocycles. The van der Waals surface area contributed by atoms with Crippen LogP contribution in [0.2, 0.25) is 0 Å². The average Bonchev–Trinajstić information content (AvgIpc) is 3.36. The number of nitrogens with zero attached hydrogens (tertiary/aromatic N) is 1. The first-order chi connectivity index (χ1) is 20.3. The number of carboxylic acids is 1. The zero-order valence-corrected chi connectivity index (χ0v) is 26.9. The van der Waals surface area contributed by atoms with E-state index in [0.717, 1.165) is 41.5 Å². The van der Waals surface area contributed by atoms with Gasteiger partial charge in [0.05, 0.1) is 11.0 Å². The molecule has 0 unspecified atom stereocenters. The van der Waals surface area contributed by atoms with E-state index in [4.69, 9.17) is 0 Å². The van der Waals surface area contributed by atoms with E-state index in [0.29, 0.717) is 30.9 Å². The van der Waals surface area contributed by atoms with Crippen LogP contribution in [0.3, 0.4) is 0 Å². The van der Waals surface area contributed by atoms with E-state index in [9.17, 15) is 23.4 Å². The number of sulfonamides is 1. The van der Waals surface area contributed by atoms with Crippen LogP contribution in [-0.4, -0.2) is 60.7 Å². The van der Waals surface area contributed by atoms with Crippen molar-refractivity contribution in [3.05, 3.63) is 88.5 Å². The highest BCUT2D eigenvalue weighted by molar-refractivity contribution is 7.89. The monoisotopic (exact) mass is 606 g/mol. The number of aliphatic hydroxyl groups excluding tert-OH is 1. The summed E-state index contributed by atoms with van der Waals surface area (Å²) in [6.07, 6.45) is 3.16. The van der Waals surface area contributed by atoms with Crippen molar-refractivity contribution in [3.8, 4) is 11.1 Å². The summed E-state index contributed by atoms with van der Waals surface area (Å²) >= 11 is 0. The molecule has 3 aromatic rings. The van der Waals surface area contributed by atoms with Crippen molar-refractivity contribution in [1.29, 1.82) is 0 Å². The number of rotatable bonds is 14. The zero-order valence-electron chi connectivity index (χ0n) is 26.1. The topological polar surface area (TPSA) is 107 Å². The van der Waals surface area contributed by atoms with Gasteiger partial charge < -0.3 is 15.5 Å². The molecule has 0 aliphatic heterocycles. The average molecular weight is 607 g/mol. The minimum Gasteiger partial charge on any atom is -0.481 e. The predicted molar refractivity (Wildman–Crippen MR) is 172 cm³/mol. The number of β-amino-alcohol motifs (C(OH)–C–C–N with tert-alkyl or cyclic N) is 1. The number of likely N-dealkylation sites (N-methyl/N-ethyl adjacent to an activating group) is 1. The maximum atomic E-state index is 13.7. The number of aryl methyl sites for hydroxylation is 3. The first-order valence-corrected chi connectivity index (χ1v) is 16.6. The van der Waals surface area contributed by atoms with Crippen molar-refractivity contribution in [2.75, 3.05) is 20.1 Å². The SMILES string of the molecule is CCc1cc(-c2cc(C)ccc2CCC(=O)O)ccc1S(=O)(=O)N(C)C[C@H](O)CNC(C)(C)CC1Cc2ccccc2C1. The summed E-state index contributed by atoms with van der Waals surface area (Å²) in [5.74, 6) is -0.311. The summed E-state index contributed by atoms with van der Waals surface area (Å²) in [5.41, 5.74) is 7.07. The van der Waals surface area contributed by atoms with Gasteiger partial charge in [0.25, 0.3) is 0 Å². The van der Waals surface area contributed by atoms with Crippen LogP contribution < -0.4 is 5.32 Å². The van der Waals surface area contributed by atoms with Gasteiger partial charge in [0.1, 0.15) is 0 Å². The van der Waals surface area contributed by atoms with Crippen LogP contribution in [0.25, 0.3) is 11.1 Å². The Bertz CT molecular complexity index is 1520. The molecule has 4 rings (SSSR count). The molecule has 0 fully saturated rings. The maximum absolute atomic E-state index is 13.7. The molecule has 0 bridgehead atoms. The maximum Gasteiger partial charge on any atom is 0.303 e. The molecular weight excluding hydrogens is 560 g/mol. The molecule has 1 atom stereocenters. The molecule has 43 heavy (non-hydrogen) atoms. The number of benzene rings is 3. The zero-order chi connectivity index (χ0) is 31.4. The van der Waals surface area contributed by atoms with Crippen LogP contribution in [0.4, 0.5) is 0 Å². The standard InChI is InChI=1S/C35H46N2O5S/c1-6-26-20-30(32-17-24(2)11-12-27(32)14-16-34(39)40)13-15-33(26)43(41,42)37(5)23-31(38)22-36-35(3,4)21-25-18-28-9-7-8-10-29(28)19-25/h7-13,15,17,20,25,31,36,38H,6,14,16,18-19,21-23H2,1-5H3,(H,39,40)/t31-/m1/s1. The molecule has 0 radical (unpaired) electrons. The molecule has 0 spiro atoms. The smallest absolute Gasteiger partial charge is 0.303 e. The lowest BCUT2D eigenvalue weighted by Gasteiger charge is -2.31. The van der Waals surface area contributed by atoms with Gasteiger partial charge in [-0.15, -0.1) is 0 Å². The summed E-state index contributed by atoms with van der Waals surface area (Å²) < 4.78 is 28.6. The molecule has 232 valence electrons. The Morgan fingerprint density at radius 2 is 1.72 bits per heavy atom. The normalized spacial score (nSPS) is 14.7. The summed E-state index contributed by atoms with van der Waals surface area (Å²) in [7, 11) is -2.34. The van der Waals surface area contributed by atoms with Crippen LogP contribution in [0.15, 0.2) is 65.6 Å². The number of aliphatic carboxylic acids is 1. The second kappa shape index (κ2) is 13.7. The van der Waals surface area contributed by atoms with E-state index >= 15 is 0 Å². The van der Waals surface area contributed by atoms with Crippen LogP contribution in [0, 0.1) is 12.8 Å². The van der Waals surface area contributed by atoms with Gasteiger partial charge >= 0.3 is 5.97 Å². The summed E-state index contributed by atoms with van der Waals surface area (Å²) in [5, 5.41) is 23.5. The Hall–Kier alpha value is -3.04. The second-order valence-corrected chi connectivity index (χ2v) is 14.7. The van der Waals surface area contributed by atoms with Crippen molar-refractivity contribution in [1.82, 2.24) is 9.62 Å². The van der Waals surface area contributed by atoms with Crippen LogP contribution >= 0.6 is 0 Å². The van der Waals surface area contributed by atoms with E-state index in [2.05, 4.69) is 43.4 Å². The minimum absolute atomic E-state index is 0.0250. The number of carboxylic acid groups (broad SMARTS) is 1. The van der Waals surface area contributed by atoms with Gasteiger partial charge in [0.15, 0.2) is 0 Å². The van der Waals surface area contributed by atoms with Gasteiger partial charge in [-0.25, -0.2) is 8.42 Å². The van der Waals surface area contributed by atoms with Crippen molar-refractivity contribution < 1.29 is 23.4 Å². The lowest BCUT2D eigenvalue weighted by molar-refractivity contribution is -0.136. The molecule has 7 nitrogen and oxygen atoms in total. The molecule has 1 aliphatic rings. The van der Waals surface area contributed by atoms with Gasteiger partial charge in [0, 0.05) is 32.1 Å². The Kier molecular flexibility index (Phi) is 10.5. The fourth-order valence-electron chi connectivity index (χ4n) is 6.30. The molecule has 8 heteroatoms. The molecule has 0 saturated heterocycles. The predicted octanol–water partition coefficient (Wildman–Crippen LogP) is 5.40. The number of aliphatic hydroxyl groups is 1. The third-order valence-corrected chi connectivity index (χ3v) is 10.5. The van der Waals surface area contributed by atoms with Crippen molar-refractivity contribution in [2.45, 2.75) is 82.8 Å². The number of nitrogens with one attached hydrogen (secondary N) is 1. The van der Waals surface area contributed by atoms with E-state index in [1.807, 2.05) is 38.1 Å². The third kappa shape index (κ3) is 8.32. The number of hydrogen-bond donors (Lipinski definition) is 3. The first kappa shape index (κ1) is 32.9. The van der Waals surface area contributed by atoms with Gasteiger partial charge in [-0.2, -0.15) is 4.31 Å². The number of carbonyl (C=O) groups is 1. The summed E-state index contributed by atoms with van der Waals surface area (Å²) in [6.45, 7) is 8.44. The highest BCUT2D eigenvalue weighted by Gasteiger charge is 2.30. The summed E-state index contributed by atoms with van der Waals surface area (Å²) in [6, 6.07) is 19.8. The van der Waals surface area contributed by atoms with Gasteiger partial charge in [-0.1, -0.05) is 61.0 Å². The van der Waals surface area contributed by atoms with Gasteiger partial charge in [0.2, 0.25) is 10.0 Å². The highest BCUT2D eigenvalue weighted by atomic mass is 32.2. The van der Waals surface area contributed by atoms with E-state index in [1.54, 1.807) is 12.1 Å². The number of hydrogen-bond acceptors (Lipinski definition) is 5. The van der Waals surface area contributed by atoms with Gasteiger partial charge in [-0.05, 0) is 104 Å². The van der Waals surface area contributed by atoms with Crippen LogP contribution in [0.1, 0.15) is 61.4 Å². The Balaban J connectivity index is 1.41. The van der Waals surface area contributed by atoms with Crippen LogP contribution in [0.5, 0.6) is 0 Å². The second-order valence-electron chi connectivity index (χ2n) is 12.7. The Morgan fingerprint density at radius 1 is 1.05 bits per heavy atom. The minimum atomic E-state index is -3.85. The van der Waals surface area contributed by atoms with E-state index in [-0.39, 0.29) is 23.4 Å². The molecule has 3 aromatic carbocycles. The fourth-order valence-corrected chi connectivity index (χ4v) is 7.78. The lowest BCUT2D eigenvalue weighted by atomic mass is 9.88. The van der Waals surface area contributed by atoms with Gasteiger partial charge in [-0.3, -0.25) is 4.79 Å². The molecule has 3 N–H and O–H groups in total. The fraction of sp³-hybridized carbons (Fsp3) is 0.457. The molecular formula is C35H46N2O5S. The number of fused-ring (bicyclic) bond motifs is 1. The third-order valence-electron chi connectivity index (χ3n) is 8.53. The Morgan fingerprint density at radius 3 is 2.35 bits per heavy atom. The van der Waals surface area contributed by atoms with Crippen molar-refractivity contribution in [2.24, 2.45) is 5.92 Å². The highest BCUT2D eigenvalue weighted by Crippen LogP contribution is 2.33. The first-order valence-electron chi connectivity index (χ1n) is 15.2. The van der Waals surface area contributed by atoms with E-state index < -0.39 is 22.1 Å². The quantitative estimate of drug-likeness (QED) is 0.227. The van der Waals surface area contributed by atoms with Crippen molar-refractivity contribution >= 4 is 16.0 Å². The Labute approximate surface area is 257 Å². The lowest BCUT2D eigenvalue weighted by Crippen LogP contribution is -2.47. The molecule has 0 saturated carbocycles. The molecule has 0 aromatic heterocycles. The van der Waals surface area contributed by atoms with E-state index in [1.165, 1.54) is 22.5 Å².